The van der Waals surface area contributed by atoms with Crippen molar-refractivity contribution in [2.45, 2.75) is 13.3 Å². The van der Waals surface area contributed by atoms with Crippen LogP contribution in [0.25, 0.3) is 33.1 Å². The van der Waals surface area contributed by atoms with Crippen molar-refractivity contribution in [2.24, 2.45) is 0 Å². The smallest absolute Gasteiger partial charge is 0.169 e. The molecule has 0 radical (unpaired) electrons. The van der Waals surface area contributed by atoms with Gasteiger partial charge >= 0.3 is 0 Å². The Bertz CT molecular complexity index is 1580. The number of H-pyrrole nitrogens is 1. The van der Waals surface area contributed by atoms with E-state index in [2.05, 4.69) is 54.8 Å². The van der Waals surface area contributed by atoms with Crippen molar-refractivity contribution in [3.63, 3.8) is 0 Å². The van der Waals surface area contributed by atoms with Crippen LogP contribution in [0.3, 0.4) is 0 Å². The number of carbonyl (C=O) groups is 1. The maximum Gasteiger partial charge on any atom is 0.169 e. The molecule has 5 aromatic heterocycles. The molecule has 1 fully saturated rings. The quantitative estimate of drug-likeness (QED) is 0.382. The number of aromatic nitrogens is 5. The van der Waals surface area contributed by atoms with Crippen molar-refractivity contribution in [3.05, 3.63) is 78.1 Å². The summed E-state index contributed by atoms with van der Waals surface area (Å²) in [5.41, 5.74) is 5.21. The largest absolute Gasteiger partial charge is 0.354 e. The molecule has 36 heavy (non-hydrogen) atoms. The van der Waals surface area contributed by atoms with E-state index >= 15 is 0 Å². The minimum absolute atomic E-state index is 0.0338. The van der Waals surface area contributed by atoms with Gasteiger partial charge in [-0.2, -0.15) is 0 Å². The highest BCUT2D eigenvalue weighted by Gasteiger charge is 2.17. The van der Waals surface area contributed by atoms with Gasteiger partial charge in [0.05, 0.1) is 12.1 Å². The number of fused-ring (bicyclic) bond motifs is 2. The molecule has 6 heterocycles. The first-order valence-electron chi connectivity index (χ1n) is 12.1. The molecular weight excluding hydrogens is 450 g/mol. The average Bonchev–Trinajstić information content (AvgIpc) is 3.28. The lowest BCUT2D eigenvalue weighted by molar-refractivity contribution is 0.0992. The molecule has 1 saturated heterocycles. The highest BCUT2D eigenvalue weighted by atomic mass is 16.1. The van der Waals surface area contributed by atoms with E-state index in [9.17, 15) is 4.79 Å². The van der Waals surface area contributed by atoms with Crippen LogP contribution in [0, 0.1) is 6.92 Å². The second-order valence-corrected chi connectivity index (χ2v) is 9.48. The summed E-state index contributed by atoms with van der Waals surface area (Å²) >= 11 is 0. The monoisotopic (exact) mass is 477 g/mol. The van der Waals surface area contributed by atoms with E-state index in [4.69, 9.17) is 0 Å². The Morgan fingerprint density at radius 2 is 1.78 bits per heavy atom. The van der Waals surface area contributed by atoms with Crippen LogP contribution in [0.5, 0.6) is 0 Å². The third kappa shape index (κ3) is 4.31. The summed E-state index contributed by atoms with van der Waals surface area (Å²) in [5.74, 6) is 0.894. The maximum atomic E-state index is 13.1. The Labute approximate surface area is 209 Å². The zero-order valence-electron chi connectivity index (χ0n) is 20.4. The SMILES string of the molecule is Cc1c[nH]c2ncc(-c3cc4cc(CC(=O)c5ccnc(N6CCN(C)CC6)c5)ncc4cn3)cc12. The number of ketones is 1. The Morgan fingerprint density at radius 1 is 0.944 bits per heavy atom. The first-order valence-corrected chi connectivity index (χ1v) is 12.1. The van der Waals surface area contributed by atoms with Crippen LogP contribution in [-0.2, 0) is 6.42 Å². The standard InChI is InChI=1S/C28H27N7O/c1-18-14-32-28-24(18)10-21(15-33-28)25-11-20-9-23(30-16-22(20)17-31-25)13-26(36)19-3-4-29-27(12-19)35-7-5-34(2)6-8-35/h3-4,9-12,14-17H,5-8,13H2,1-2H3,(H,32,33). The van der Waals surface area contributed by atoms with Crippen molar-refractivity contribution in [3.8, 4) is 11.3 Å². The number of anilines is 1. The normalized spacial score (nSPS) is 14.6. The fraction of sp³-hybridized carbons (Fsp3) is 0.250. The Kier molecular flexibility index (Phi) is 5.65. The fourth-order valence-corrected chi connectivity index (χ4v) is 4.68. The number of aryl methyl sites for hydroxylation is 1. The Morgan fingerprint density at radius 3 is 2.64 bits per heavy atom. The first kappa shape index (κ1) is 22.3. The molecule has 180 valence electrons. The van der Waals surface area contributed by atoms with Crippen molar-refractivity contribution >= 4 is 33.4 Å². The van der Waals surface area contributed by atoms with Crippen LogP contribution < -0.4 is 4.90 Å². The lowest BCUT2D eigenvalue weighted by Gasteiger charge is -2.33. The number of nitrogens with zero attached hydrogens (tertiary/aromatic N) is 6. The highest BCUT2D eigenvalue weighted by Crippen LogP contribution is 2.26. The molecule has 0 saturated carbocycles. The molecule has 1 N–H and O–H groups in total. The Hall–Kier alpha value is -4.17. The van der Waals surface area contributed by atoms with Crippen molar-refractivity contribution in [1.82, 2.24) is 29.8 Å². The summed E-state index contributed by atoms with van der Waals surface area (Å²) in [6.07, 6.45) is 9.36. The predicted molar refractivity (Wildman–Crippen MR) is 141 cm³/mol. The van der Waals surface area contributed by atoms with Gasteiger partial charge < -0.3 is 14.8 Å². The maximum absolute atomic E-state index is 13.1. The third-order valence-corrected chi connectivity index (χ3v) is 6.93. The average molecular weight is 478 g/mol. The van der Waals surface area contributed by atoms with E-state index in [1.54, 1.807) is 18.5 Å². The predicted octanol–water partition coefficient (Wildman–Crippen LogP) is 4.05. The number of hydrogen-bond acceptors (Lipinski definition) is 7. The van der Waals surface area contributed by atoms with E-state index in [1.165, 1.54) is 0 Å². The van der Waals surface area contributed by atoms with Gasteiger partial charge in [-0.05, 0) is 55.3 Å². The van der Waals surface area contributed by atoms with Gasteiger partial charge in [-0.25, -0.2) is 9.97 Å². The summed E-state index contributed by atoms with van der Waals surface area (Å²) in [7, 11) is 2.12. The second kappa shape index (κ2) is 9.13. The van der Waals surface area contributed by atoms with Crippen LogP contribution in [0.4, 0.5) is 5.82 Å². The van der Waals surface area contributed by atoms with E-state index in [0.717, 1.165) is 76.3 Å². The summed E-state index contributed by atoms with van der Waals surface area (Å²) in [4.78, 5) is 39.0. The molecular formula is C28H27N7O. The van der Waals surface area contributed by atoms with Gasteiger partial charge in [0.2, 0.25) is 0 Å². The first-order chi connectivity index (χ1) is 17.5. The fourth-order valence-electron chi connectivity index (χ4n) is 4.68. The number of nitrogens with one attached hydrogen (secondary N) is 1. The van der Waals surface area contributed by atoms with Crippen LogP contribution in [-0.4, -0.2) is 68.8 Å². The number of pyridine rings is 4. The Balaban J connectivity index is 1.24. The van der Waals surface area contributed by atoms with E-state index in [1.807, 2.05) is 36.8 Å². The van der Waals surface area contributed by atoms with Gasteiger partial charge in [0.15, 0.2) is 5.78 Å². The number of rotatable bonds is 5. The molecule has 0 unspecified atom stereocenters. The summed E-state index contributed by atoms with van der Waals surface area (Å²) in [6.45, 7) is 5.87. The molecule has 0 aliphatic carbocycles. The number of piperazine rings is 1. The van der Waals surface area contributed by atoms with Gasteiger partial charge in [0.1, 0.15) is 11.5 Å². The third-order valence-electron chi connectivity index (χ3n) is 6.93. The molecule has 1 aliphatic heterocycles. The number of carbonyl (C=O) groups excluding carboxylic acids is 1. The zero-order chi connectivity index (χ0) is 24.6. The van der Waals surface area contributed by atoms with Crippen LogP contribution in [0.1, 0.15) is 21.6 Å². The van der Waals surface area contributed by atoms with Gasteiger partial charge in [-0.15, -0.1) is 0 Å². The molecule has 5 aromatic rings. The van der Waals surface area contributed by atoms with Gasteiger partial charge in [-0.3, -0.25) is 14.8 Å². The van der Waals surface area contributed by atoms with E-state index in [0.29, 0.717) is 5.56 Å². The topological polar surface area (TPSA) is 90.9 Å². The number of likely N-dealkylation sites (N-methyl/N-ethyl adjacent to an activating group) is 1. The van der Waals surface area contributed by atoms with Gasteiger partial charge in [0.25, 0.3) is 0 Å². The summed E-state index contributed by atoms with van der Waals surface area (Å²) in [6, 6.07) is 9.82. The minimum Gasteiger partial charge on any atom is -0.354 e. The summed E-state index contributed by atoms with van der Waals surface area (Å²) < 4.78 is 0. The second-order valence-electron chi connectivity index (χ2n) is 9.48. The van der Waals surface area contributed by atoms with E-state index in [-0.39, 0.29) is 12.2 Å². The highest BCUT2D eigenvalue weighted by molar-refractivity contribution is 5.98. The van der Waals surface area contributed by atoms with Gasteiger partial charge in [0, 0.05) is 84.8 Å². The number of Topliss-reactive ketones (excluding diaryl/α,β-unsaturated/α-hetero) is 1. The molecule has 0 bridgehead atoms. The molecule has 0 aromatic carbocycles. The zero-order valence-corrected chi connectivity index (χ0v) is 20.4. The molecule has 1 aliphatic rings. The van der Waals surface area contributed by atoms with Crippen molar-refractivity contribution in [1.29, 1.82) is 0 Å². The number of hydrogen-bond donors (Lipinski definition) is 1. The van der Waals surface area contributed by atoms with Crippen LogP contribution in [0.2, 0.25) is 0 Å². The minimum atomic E-state index is 0.0338. The lowest BCUT2D eigenvalue weighted by atomic mass is 10.0. The molecule has 0 spiro atoms. The van der Waals surface area contributed by atoms with Crippen molar-refractivity contribution < 1.29 is 4.79 Å². The summed E-state index contributed by atoms with van der Waals surface area (Å²) in [5, 5.41) is 3.02. The molecule has 0 atom stereocenters. The lowest BCUT2D eigenvalue weighted by Crippen LogP contribution is -2.44. The molecule has 6 rings (SSSR count). The van der Waals surface area contributed by atoms with E-state index < -0.39 is 0 Å². The van der Waals surface area contributed by atoms with Crippen molar-refractivity contribution in [2.75, 3.05) is 38.1 Å². The molecule has 8 heteroatoms. The van der Waals surface area contributed by atoms with Gasteiger partial charge in [-0.1, -0.05) is 0 Å². The van der Waals surface area contributed by atoms with Crippen LogP contribution >= 0.6 is 0 Å². The number of aromatic amines is 1. The molecule has 8 nitrogen and oxygen atoms in total. The molecule has 0 amide bonds. The van der Waals surface area contributed by atoms with Crippen LogP contribution in [0.15, 0.2) is 61.3 Å².